The highest BCUT2D eigenvalue weighted by atomic mass is 32.6. The lowest BCUT2D eigenvalue weighted by molar-refractivity contribution is -0.117. The summed E-state index contributed by atoms with van der Waals surface area (Å²) >= 11 is 4.86. The van der Waals surface area contributed by atoms with Crippen LogP contribution in [0.4, 0.5) is 0 Å². The smallest absolute Gasteiger partial charge is 0.170 e. The molecule has 0 fully saturated rings. The Morgan fingerprint density at radius 2 is 1.89 bits per heavy atom. The summed E-state index contributed by atoms with van der Waals surface area (Å²) in [6.07, 6.45) is -1.21. The van der Waals surface area contributed by atoms with Crippen molar-refractivity contribution >= 4 is 32.6 Å². The van der Waals surface area contributed by atoms with E-state index in [1.807, 2.05) is 20.8 Å². The number of rotatable bonds is 1. The second kappa shape index (κ2) is 3.23. The largest absolute Gasteiger partial charge is 0.293 e. The van der Waals surface area contributed by atoms with Gasteiger partial charge in [0.05, 0.1) is 0 Å². The molecule has 2 unspecified atom stereocenters. The van der Waals surface area contributed by atoms with Gasteiger partial charge in [-0.25, -0.2) is 0 Å². The first-order valence-corrected chi connectivity index (χ1v) is 7.14. The third-order valence-electron chi connectivity index (χ3n) is 0.905. The van der Waals surface area contributed by atoms with Crippen molar-refractivity contribution in [3.8, 4) is 0 Å². The maximum Gasteiger partial charge on any atom is 0.170 e. The van der Waals surface area contributed by atoms with Crippen LogP contribution in [0.2, 0.25) is 0 Å². The van der Waals surface area contributed by atoms with Gasteiger partial charge in [0.2, 0.25) is 0 Å². The standard InChI is InChI=1S/C5H12OP2S/c1-5(2,3)4(6)8(7)9/h8H,7H2,1-3H3. The van der Waals surface area contributed by atoms with Gasteiger partial charge in [0.25, 0.3) is 0 Å². The minimum Gasteiger partial charge on any atom is -0.293 e. The predicted octanol–water partition coefficient (Wildman–Crippen LogP) is 2.03. The second-order valence-corrected chi connectivity index (χ2v) is 8.43. The summed E-state index contributed by atoms with van der Waals surface area (Å²) in [6.45, 7) is 5.70. The fraction of sp³-hybridized carbons (Fsp3) is 0.800. The van der Waals surface area contributed by atoms with Gasteiger partial charge in [-0.05, 0) is 0 Å². The van der Waals surface area contributed by atoms with E-state index in [1.54, 1.807) is 0 Å². The molecule has 0 aromatic carbocycles. The first-order valence-electron chi connectivity index (χ1n) is 2.70. The van der Waals surface area contributed by atoms with Gasteiger partial charge in [-0.2, -0.15) is 0 Å². The summed E-state index contributed by atoms with van der Waals surface area (Å²) < 4.78 is 0. The molecule has 0 aromatic heterocycles. The highest BCUT2D eigenvalue weighted by Gasteiger charge is 2.21. The fourth-order valence-corrected chi connectivity index (χ4v) is 3.33. The van der Waals surface area contributed by atoms with Gasteiger partial charge in [0, 0.05) is 11.8 Å². The van der Waals surface area contributed by atoms with Crippen LogP contribution in [0.25, 0.3) is 0 Å². The van der Waals surface area contributed by atoms with Gasteiger partial charge in [0.1, 0.15) is 0 Å². The third kappa shape index (κ3) is 3.45. The zero-order chi connectivity index (χ0) is 7.65. The highest BCUT2D eigenvalue weighted by molar-refractivity contribution is 8.40. The van der Waals surface area contributed by atoms with Crippen molar-refractivity contribution in [1.82, 2.24) is 0 Å². The quantitative estimate of drug-likeness (QED) is 0.577. The van der Waals surface area contributed by atoms with Crippen molar-refractivity contribution in [3.05, 3.63) is 0 Å². The lowest BCUT2D eigenvalue weighted by Crippen LogP contribution is -2.14. The zero-order valence-corrected chi connectivity index (χ0v) is 8.87. The van der Waals surface area contributed by atoms with Gasteiger partial charge in [-0.15, -0.1) is 0 Å². The second-order valence-electron chi connectivity index (χ2n) is 2.94. The van der Waals surface area contributed by atoms with Crippen molar-refractivity contribution in [3.63, 3.8) is 0 Å². The number of carbonyl (C=O) groups is 1. The van der Waals surface area contributed by atoms with Gasteiger partial charge in [-0.3, -0.25) is 4.79 Å². The van der Waals surface area contributed by atoms with E-state index in [9.17, 15) is 4.79 Å². The third-order valence-corrected chi connectivity index (χ3v) is 3.45. The summed E-state index contributed by atoms with van der Waals surface area (Å²) in [5.74, 6) is 0. The predicted molar refractivity (Wildman–Crippen MR) is 49.9 cm³/mol. The molecule has 0 bridgehead atoms. The van der Waals surface area contributed by atoms with Crippen LogP contribution in [-0.4, -0.2) is 5.52 Å². The van der Waals surface area contributed by atoms with Gasteiger partial charge in [0.15, 0.2) is 5.52 Å². The molecule has 0 saturated heterocycles. The molecule has 2 atom stereocenters. The average molecular weight is 182 g/mol. The Hall–Kier alpha value is 0.750. The monoisotopic (exact) mass is 182 g/mol. The molecular weight excluding hydrogens is 170 g/mol. The molecule has 9 heavy (non-hydrogen) atoms. The van der Waals surface area contributed by atoms with Crippen LogP contribution in [0.1, 0.15) is 20.8 Å². The average Bonchev–Trinajstić information content (AvgIpc) is 1.62. The summed E-state index contributed by atoms with van der Waals surface area (Å²) in [4.78, 5) is 11.1. The van der Waals surface area contributed by atoms with Crippen molar-refractivity contribution in [1.29, 1.82) is 0 Å². The van der Waals surface area contributed by atoms with E-state index in [2.05, 4.69) is 8.93 Å². The Balaban J connectivity index is 4.23. The lowest BCUT2D eigenvalue weighted by Gasteiger charge is -2.15. The van der Waals surface area contributed by atoms with E-state index in [0.717, 1.165) is 0 Å². The van der Waals surface area contributed by atoms with Crippen LogP contribution in [0.5, 0.6) is 0 Å². The topological polar surface area (TPSA) is 17.1 Å². The van der Waals surface area contributed by atoms with Gasteiger partial charge in [-0.1, -0.05) is 41.5 Å². The minimum atomic E-state index is -1.21. The minimum absolute atomic E-state index is 0.215. The molecular formula is C5H12OP2S. The van der Waals surface area contributed by atoms with Crippen molar-refractivity contribution in [2.75, 3.05) is 0 Å². The maximum atomic E-state index is 11.1. The van der Waals surface area contributed by atoms with Crippen LogP contribution < -0.4 is 0 Å². The van der Waals surface area contributed by atoms with Crippen molar-refractivity contribution in [2.24, 2.45) is 5.41 Å². The Morgan fingerprint density at radius 3 is 1.89 bits per heavy atom. The van der Waals surface area contributed by atoms with Gasteiger partial charge < -0.3 is 0 Å². The SMILES string of the molecule is CC(C)(C)C(=O)[PH](P)=S. The first kappa shape index (κ1) is 9.75. The Morgan fingerprint density at radius 1 is 1.56 bits per heavy atom. The first-order chi connectivity index (χ1) is 3.85. The fourth-order valence-electron chi connectivity index (χ4n) is 0.370. The lowest BCUT2D eigenvalue weighted by atomic mass is 10.00. The van der Waals surface area contributed by atoms with Crippen molar-refractivity contribution < 1.29 is 4.79 Å². The van der Waals surface area contributed by atoms with E-state index in [1.165, 1.54) is 0 Å². The molecule has 0 aromatic rings. The molecule has 0 aliphatic heterocycles. The van der Waals surface area contributed by atoms with E-state index < -0.39 is 6.39 Å². The number of hydrogen-bond acceptors (Lipinski definition) is 2. The molecule has 0 heterocycles. The van der Waals surface area contributed by atoms with Crippen LogP contribution >= 0.6 is 15.3 Å². The summed E-state index contributed by atoms with van der Waals surface area (Å²) in [5, 5.41) is 0. The van der Waals surface area contributed by atoms with Crippen LogP contribution in [0.15, 0.2) is 0 Å². The Bertz CT molecular complexity index is 148. The van der Waals surface area contributed by atoms with Crippen LogP contribution in [-0.2, 0) is 16.6 Å². The molecule has 0 N–H and O–H groups in total. The zero-order valence-electron chi connectivity index (χ0n) is 5.89. The molecule has 0 aliphatic rings. The van der Waals surface area contributed by atoms with E-state index in [0.29, 0.717) is 0 Å². The molecule has 0 aliphatic carbocycles. The Labute approximate surface area is 64.1 Å². The normalized spacial score (nSPS) is 15.1. The maximum absolute atomic E-state index is 11.1. The summed E-state index contributed by atoms with van der Waals surface area (Å²) in [7, 11) is 2.43. The van der Waals surface area contributed by atoms with Crippen molar-refractivity contribution in [2.45, 2.75) is 20.8 Å². The van der Waals surface area contributed by atoms with Crippen LogP contribution in [0.3, 0.4) is 0 Å². The van der Waals surface area contributed by atoms with E-state index in [-0.39, 0.29) is 10.9 Å². The van der Waals surface area contributed by atoms with E-state index in [4.69, 9.17) is 11.8 Å². The molecule has 0 spiro atoms. The number of carbonyl (C=O) groups excluding carboxylic acids is 1. The highest BCUT2D eigenvalue weighted by Crippen LogP contribution is 2.39. The molecule has 0 saturated carbocycles. The van der Waals surface area contributed by atoms with Gasteiger partial charge >= 0.3 is 0 Å². The summed E-state index contributed by atoms with van der Waals surface area (Å²) in [6, 6.07) is 0. The van der Waals surface area contributed by atoms with Crippen LogP contribution in [0, 0.1) is 5.41 Å². The molecule has 0 amide bonds. The molecule has 0 radical (unpaired) electrons. The molecule has 0 rings (SSSR count). The molecule has 1 nitrogen and oxygen atoms in total. The Kier molecular flexibility index (Phi) is 3.50. The molecule has 4 heteroatoms. The summed E-state index contributed by atoms with van der Waals surface area (Å²) in [5.41, 5.74) is -0.0230. The van der Waals surface area contributed by atoms with E-state index >= 15 is 0 Å². The molecule has 54 valence electrons. The number of hydrogen-bond donors (Lipinski definition) is 0.